The molecule has 0 bridgehead atoms. The zero-order valence-corrected chi connectivity index (χ0v) is 12.0. The van der Waals surface area contributed by atoms with Crippen molar-refractivity contribution in [1.82, 2.24) is 10.2 Å². The van der Waals surface area contributed by atoms with Gasteiger partial charge in [0.2, 0.25) is 0 Å². The summed E-state index contributed by atoms with van der Waals surface area (Å²) in [6, 6.07) is 5.75. The molecule has 1 N–H and O–H groups in total. The number of rotatable bonds is 3. The molecule has 4 nitrogen and oxygen atoms in total. The number of ether oxygens (including phenoxy) is 1. The van der Waals surface area contributed by atoms with Crippen molar-refractivity contribution in [1.29, 1.82) is 0 Å². The van der Waals surface area contributed by atoms with Crippen LogP contribution in [0.5, 0.6) is 5.75 Å². The van der Waals surface area contributed by atoms with Gasteiger partial charge in [-0.1, -0.05) is 11.6 Å². The molecule has 1 heterocycles. The molecule has 1 aliphatic rings. The number of hydrogen-bond acceptors (Lipinski definition) is 3. The van der Waals surface area contributed by atoms with Crippen LogP contribution in [0.15, 0.2) is 18.2 Å². The first-order valence-corrected chi connectivity index (χ1v) is 6.84. The summed E-state index contributed by atoms with van der Waals surface area (Å²) in [5.41, 5.74) is 0.947. The van der Waals surface area contributed by atoms with Crippen LogP contribution in [0.1, 0.15) is 12.5 Å². The average molecular weight is 283 g/mol. The van der Waals surface area contributed by atoms with E-state index in [0.29, 0.717) is 16.8 Å². The zero-order valence-electron chi connectivity index (χ0n) is 11.3. The third-order valence-electron chi connectivity index (χ3n) is 3.21. The predicted molar refractivity (Wildman–Crippen MR) is 75.7 cm³/mol. The van der Waals surface area contributed by atoms with Crippen molar-refractivity contribution in [2.45, 2.75) is 19.9 Å². The second kappa shape index (κ2) is 6.26. The second-order valence-electron chi connectivity index (χ2n) is 4.89. The molecule has 5 heteroatoms. The van der Waals surface area contributed by atoms with Crippen LogP contribution in [0.3, 0.4) is 0 Å². The van der Waals surface area contributed by atoms with Gasteiger partial charge in [-0.3, -0.25) is 4.79 Å². The number of hydrogen-bond donors (Lipinski definition) is 1. The molecule has 1 saturated heterocycles. The molecule has 19 heavy (non-hydrogen) atoms. The van der Waals surface area contributed by atoms with Crippen molar-refractivity contribution >= 4 is 17.5 Å². The number of amides is 1. The van der Waals surface area contributed by atoms with Gasteiger partial charge in [0.05, 0.1) is 0 Å². The highest BCUT2D eigenvalue weighted by Crippen LogP contribution is 2.21. The number of benzene rings is 1. The Balaban J connectivity index is 1.87. The van der Waals surface area contributed by atoms with E-state index < -0.39 is 0 Å². The molecule has 1 aliphatic heterocycles. The second-order valence-corrected chi connectivity index (χ2v) is 5.30. The number of piperazine rings is 1. The Labute approximate surface area is 118 Å². The molecule has 0 spiro atoms. The van der Waals surface area contributed by atoms with E-state index in [-0.39, 0.29) is 12.5 Å². The Morgan fingerprint density at radius 1 is 1.58 bits per heavy atom. The third-order valence-corrected chi connectivity index (χ3v) is 3.64. The minimum absolute atomic E-state index is 0.0287. The molecule has 1 atom stereocenters. The monoisotopic (exact) mass is 282 g/mol. The quantitative estimate of drug-likeness (QED) is 0.920. The van der Waals surface area contributed by atoms with Gasteiger partial charge in [-0.2, -0.15) is 0 Å². The van der Waals surface area contributed by atoms with Gasteiger partial charge in [0, 0.05) is 30.7 Å². The van der Waals surface area contributed by atoms with E-state index in [1.807, 2.05) is 17.9 Å². The van der Waals surface area contributed by atoms with Crippen molar-refractivity contribution < 1.29 is 9.53 Å². The van der Waals surface area contributed by atoms with Crippen molar-refractivity contribution in [3.05, 3.63) is 28.8 Å². The summed E-state index contributed by atoms with van der Waals surface area (Å²) < 4.78 is 5.52. The van der Waals surface area contributed by atoms with E-state index in [9.17, 15) is 4.79 Å². The molecule has 0 saturated carbocycles. The lowest BCUT2D eigenvalue weighted by atomic mass is 10.2. The van der Waals surface area contributed by atoms with Gasteiger partial charge < -0.3 is 15.0 Å². The third kappa shape index (κ3) is 3.85. The fourth-order valence-electron chi connectivity index (χ4n) is 2.10. The summed E-state index contributed by atoms with van der Waals surface area (Å²) in [6.07, 6.45) is 0. The maximum absolute atomic E-state index is 12.0. The number of carbonyl (C=O) groups excluding carboxylic acids is 1. The topological polar surface area (TPSA) is 41.6 Å². The number of nitrogens with one attached hydrogen (secondary N) is 1. The lowest BCUT2D eigenvalue weighted by molar-refractivity contribution is -0.134. The van der Waals surface area contributed by atoms with Crippen molar-refractivity contribution in [3.8, 4) is 5.75 Å². The van der Waals surface area contributed by atoms with Crippen molar-refractivity contribution in [2.75, 3.05) is 26.2 Å². The van der Waals surface area contributed by atoms with Gasteiger partial charge in [0.15, 0.2) is 6.61 Å². The van der Waals surface area contributed by atoms with E-state index in [2.05, 4.69) is 12.2 Å². The van der Waals surface area contributed by atoms with Crippen LogP contribution in [0, 0.1) is 6.92 Å². The minimum Gasteiger partial charge on any atom is -0.484 e. The van der Waals surface area contributed by atoms with Gasteiger partial charge in [0.25, 0.3) is 5.91 Å². The zero-order chi connectivity index (χ0) is 13.8. The van der Waals surface area contributed by atoms with Crippen LogP contribution in [0.4, 0.5) is 0 Å². The Hall–Kier alpha value is -1.26. The summed E-state index contributed by atoms with van der Waals surface area (Å²) in [7, 11) is 0. The Morgan fingerprint density at radius 2 is 2.37 bits per heavy atom. The molecule has 0 aliphatic carbocycles. The fraction of sp³-hybridized carbons (Fsp3) is 0.500. The molecule has 0 aromatic heterocycles. The van der Waals surface area contributed by atoms with Gasteiger partial charge in [-0.15, -0.1) is 0 Å². The fourth-order valence-corrected chi connectivity index (χ4v) is 2.22. The first-order chi connectivity index (χ1) is 9.06. The molecule has 104 valence electrons. The molecule has 1 amide bonds. The number of nitrogens with zero attached hydrogens (tertiary/aromatic N) is 1. The summed E-state index contributed by atoms with van der Waals surface area (Å²) in [4.78, 5) is 13.9. The molecular formula is C14H19ClN2O2. The Kier molecular flexibility index (Phi) is 4.66. The molecule has 0 radical (unpaired) electrons. The lowest BCUT2D eigenvalue weighted by Gasteiger charge is -2.31. The number of carbonyl (C=O) groups is 1. The highest BCUT2D eigenvalue weighted by molar-refractivity contribution is 6.31. The molecular weight excluding hydrogens is 264 g/mol. The van der Waals surface area contributed by atoms with E-state index in [1.54, 1.807) is 12.1 Å². The summed E-state index contributed by atoms with van der Waals surface area (Å²) in [5.74, 6) is 0.708. The smallest absolute Gasteiger partial charge is 0.260 e. The van der Waals surface area contributed by atoms with Crippen LogP contribution < -0.4 is 10.1 Å². The number of aryl methyl sites for hydroxylation is 1. The largest absolute Gasteiger partial charge is 0.484 e. The van der Waals surface area contributed by atoms with Crippen LogP contribution in [-0.4, -0.2) is 43.1 Å². The summed E-state index contributed by atoms with van der Waals surface area (Å²) in [5, 5.41) is 4.01. The highest BCUT2D eigenvalue weighted by atomic mass is 35.5. The Bertz CT molecular complexity index is 465. The van der Waals surface area contributed by atoms with Crippen LogP contribution >= 0.6 is 11.6 Å². The van der Waals surface area contributed by atoms with Gasteiger partial charge in [-0.25, -0.2) is 0 Å². The SMILES string of the molecule is Cc1cc(OCC(=O)N2CCNC(C)C2)ccc1Cl. The molecule has 1 fully saturated rings. The summed E-state index contributed by atoms with van der Waals surface area (Å²) >= 11 is 5.94. The lowest BCUT2D eigenvalue weighted by Crippen LogP contribution is -2.52. The van der Waals surface area contributed by atoms with E-state index in [4.69, 9.17) is 16.3 Å². The van der Waals surface area contributed by atoms with Crippen LogP contribution in [-0.2, 0) is 4.79 Å². The maximum atomic E-state index is 12.0. The predicted octanol–water partition coefficient (Wildman–Crippen LogP) is 1.85. The van der Waals surface area contributed by atoms with Crippen LogP contribution in [0.2, 0.25) is 5.02 Å². The molecule has 1 unspecified atom stereocenters. The standard InChI is InChI=1S/C14H19ClN2O2/c1-10-7-12(3-4-13(10)15)19-9-14(18)17-6-5-16-11(2)8-17/h3-4,7,11,16H,5-6,8-9H2,1-2H3. The van der Waals surface area contributed by atoms with Crippen molar-refractivity contribution in [3.63, 3.8) is 0 Å². The Morgan fingerprint density at radius 3 is 3.05 bits per heavy atom. The highest BCUT2D eigenvalue weighted by Gasteiger charge is 2.20. The van der Waals surface area contributed by atoms with E-state index in [0.717, 1.165) is 25.2 Å². The summed E-state index contributed by atoms with van der Waals surface area (Å²) in [6.45, 7) is 6.38. The first kappa shape index (κ1) is 14.2. The average Bonchev–Trinajstić information content (AvgIpc) is 2.40. The molecule has 2 rings (SSSR count). The molecule has 1 aromatic rings. The van der Waals surface area contributed by atoms with Crippen molar-refractivity contribution in [2.24, 2.45) is 0 Å². The molecule has 1 aromatic carbocycles. The van der Waals surface area contributed by atoms with Crippen LogP contribution in [0.25, 0.3) is 0 Å². The maximum Gasteiger partial charge on any atom is 0.260 e. The van der Waals surface area contributed by atoms with E-state index >= 15 is 0 Å². The minimum atomic E-state index is 0.0287. The van der Waals surface area contributed by atoms with Gasteiger partial charge in [-0.05, 0) is 37.6 Å². The number of halogens is 1. The first-order valence-electron chi connectivity index (χ1n) is 6.46. The van der Waals surface area contributed by atoms with E-state index in [1.165, 1.54) is 0 Å². The van der Waals surface area contributed by atoms with Gasteiger partial charge >= 0.3 is 0 Å². The van der Waals surface area contributed by atoms with Gasteiger partial charge in [0.1, 0.15) is 5.75 Å². The normalized spacial score (nSPS) is 19.3.